The van der Waals surface area contributed by atoms with Gasteiger partial charge in [-0.3, -0.25) is 14.6 Å². The molecule has 1 fully saturated rings. The zero-order valence-corrected chi connectivity index (χ0v) is 18.9. The summed E-state index contributed by atoms with van der Waals surface area (Å²) in [5.41, 5.74) is 2.79. The molecule has 0 aromatic heterocycles. The van der Waals surface area contributed by atoms with Crippen molar-refractivity contribution in [1.82, 2.24) is 4.90 Å². The fourth-order valence-electron chi connectivity index (χ4n) is 4.18. The lowest BCUT2D eigenvalue weighted by Gasteiger charge is -2.23. The van der Waals surface area contributed by atoms with Gasteiger partial charge in [-0.05, 0) is 56.5 Å². The summed E-state index contributed by atoms with van der Waals surface area (Å²) in [4.78, 5) is 40.4. The molecule has 172 valence electrons. The third-order valence-corrected chi connectivity index (χ3v) is 5.96. The molecule has 0 saturated carbocycles. The van der Waals surface area contributed by atoms with Gasteiger partial charge in [0, 0.05) is 30.8 Å². The molecule has 8 heteroatoms. The lowest BCUT2D eigenvalue weighted by Crippen LogP contribution is -2.39. The Morgan fingerprint density at radius 2 is 1.79 bits per heavy atom. The van der Waals surface area contributed by atoms with Gasteiger partial charge in [0.05, 0.1) is 12.3 Å². The minimum atomic E-state index is -0.718. The first kappa shape index (κ1) is 22.5. The Morgan fingerprint density at radius 3 is 2.48 bits per heavy atom. The van der Waals surface area contributed by atoms with Crippen molar-refractivity contribution in [3.8, 4) is 0 Å². The normalized spacial score (nSPS) is 17.6. The van der Waals surface area contributed by atoms with Crippen molar-refractivity contribution in [3.63, 3.8) is 0 Å². The van der Waals surface area contributed by atoms with Gasteiger partial charge in [-0.2, -0.15) is 5.10 Å². The number of hydrogen-bond acceptors (Lipinski definition) is 6. The number of nitrogens with one attached hydrogen (secondary N) is 1. The molecule has 1 N–H and O–H groups in total. The molecule has 1 atom stereocenters. The summed E-state index contributed by atoms with van der Waals surface area (Å²) in [6, 6.07) is 13.9. The largest absolute Gasteiger partial charge is 0.461 e. The van der Waals surface area contributed by atoms with Gasteiger partial charge in [0.1, 0.15) is 11.8 Å². The van der Waals surface area contributed by atoms with Crippen LogP contribution in [0.2, 0.25) is 0 Å². The highest BCUT2D eigenvalue weighted by molar-refractivity contribution is 6.38. The minimum absolute atomic E-state index is 0.0131. The van der Waals surface area contributed by atoms with Crippen LogP contribution in [-0.2, 0) is 14.3 Å². The maximum atomic E-state index is 13.3. The van der Waals surface area contributed by atoms with Crippen LogP contribution in [0, 0.1) is 6.92 Å². The van der Waals surface area contributed by atoms with E-state index in [-0.39, 0.29) is 30.6 Å². The molecule has 2 aromatic rings. The number of carbonyl (C=O) groups excluding carboxylic acids is 3. The van der Waals surface area contributed by atoms with Gasteiger partial charge in [0.2, 0.25) is 5.91 Å². The molecule has 0 spiro atoms. The highest BCUT2D eigenvalue weighted by Gasteiger charge is 2.37. The van der Waals surface area contributed by atoms with E-state index in [9.17, 15) is 14.4 Å². The Hall–Kier alpha value is -3.68. The van der Waals surface area contributed by atoms with E-state index in [1.807, 2.05) is 42.2 Å². The van der Waals surface area contributed by atoms with E-state index in [2.05, 4.69) is 10.4 Å². The van der Waals surface area contributed by atoms with E-state index >= 15 is 0 Å². The summed E-state index contributed by atoms with van der Waals surface area (Å²) >= 11 is 0. The van der Waals surface area contributed by atoms with Crippen LogP contribution in [0.25, 0.3) is 0 Å². The van der Waals surface area contributed by atoms with Crippen LogP contribution in [0.3, 0.4) is 0 Å². The Morgan fingerprint density at radius 1 is 1.06 bits per heavy atom. The lowest BCUT2D eigenvalue weighted by molar-refractivity contribution is -0.135. The Balaban J connectivity index is 1.56. The maximum absolute atomic E-state index is 13.3. The summed E-state index contributed by atoms with van der Waals surface area (Å²) in [7, 11) is 0. The highest BCUT2D eigenvalue weighted by Crippen LogP contribution is 2.27. The molecular weight excluding hydrogens is 420 g/mol. The summed E-state index contributed by atoms with van der Waals surface area (Å²) in [5, 5.41) is 8.90. The Bertz CT molecular complexity index is 1080. The van der Waals surface area contributed by atoms with Crippen molar-refractivity contribution < 1.29 is 19.1 Å². The molecule has 0 aliphatic carbocycles. The van der Waals surface area contributed by atoms with Gasteiger partial charge in [-0.1, -0.05) is 24.3 Å². The van der Waals surface area contributed by atoms with Crippen molar-refractivity contribution in [2.45, 2.75) is 39.2 Å². The fourth-order valence-corrected chi connectivity index (χ4v) is 4.18. The zero-order chi connectivity index (χ0) is 23.4. The number of hydrogen-bond donors (Lipinski definition) is 1. The van der Waals surface area contributed by atoms with Crippen LogP contribution in [-0.4, -0.2) is 54.1 Å². The summed E-state index contributed by atoms with van der Waals surface area (Å²) in [5.74, 6) is -0.847. The van der Waals surface area contributed by atoms with Crippen LogP contribution in [0.5, 0.6) is 0 Å². The molecule has 2 aliphatic rings. The fraction of sp³-hybridized carbons (Fsp3) is 0.360. The lowest BCUT2D eigenvalue weighted by atomic mass is 10.0. The Labute approximate surface area is 193 Å². The molecular formula is C25H28N4O4. The second kappa shape index (κ2) is 9.85. The molecule has 0 bridgehead atoms. The number of rotatable bonds is 6. The van der Waals surface area contributed by atoms with Crippen LogP contribution in [0.1, 0.15) is 42.1 Å². The average molecular weight is 449 g/mol. The van der Waals surface area contributed by atoms with E-state index in [4.69, 9.17) is 4.74 Å². The maximum Gasteiger partial charge on any atom is 0.354 e. The number of ether oxygens (including phenoxy) is 1. The standard InChI is InChI=1S/C25H28N4O4/c1-3-33-25(32)21-16-22(29(27-21)18-10-5-4-6-11-18)23(30)26-20-13-9-12-19(17(20)2)24(31)28-14-7-8-15-28/h4-6,9-13,22H,3,7-8,14-16H2,1-2H3,(H,26,30). The minimum Gasteiger partial charge on any atom is -0.461 e. The van der Waals surface area contributed by atoms with Crippen molar-refractivity contribution in [3.05, 3.63) is 59.7 Å². The molecule has 0 radical (unpaired) electrons. The van der Waals surface area contributed by atoms with Crippen LogP contribution < -0.4 is 10.3 Å². The molecule has 2 aliphatic heterocycles. The molecule has 2 heterocycles. The number of anilines is 2. The Kier molecular flexibility index (Phi) is 6.72. The number of esters is 1. The van der Waals surface area contributed by atoms with Gasteiger partial charge in [0.25, 0.3) is 5.91 Å². The first-order valence-electron chi connectivity index (χ1n) is 11.3. The number of likely N-dealkylation sites (tertiary alicyclic amines) is 1. The van der Waals surface area contributed by atoms with Crippen molar-refractivity contribution >= 4 is 34.9 Å². The number of amides is 2. The topological polar surface area (TPSA) is 91.3 Å². The summed E-state index contributed by atoms with van der Waals surface area (Å²) in [6.45, 7) is 5.32. The van der Waals surface area contributed by atoms with E-state index in [1.54, 1.807) is 30.1 Å². The van der Waals surface area contributed by atoms with Gasteiger partial charge < -0.3 is 15.0 Å². The predicted octanol–water partition coefficient (Wildman–Crippen LogP) is 3.37. The van der Waals surface area contributed by atoms with E-state index in [1.165, 1.54) is 0 Å². The predicted molar refractivity (Wildman–Crippen MR) is 126 cm³/mol. The van der Waals surface area contributed by atoms with Crippen molar-refractivity contribution in [1.29, 1.82) is 0 Å². The molecule has 33 heavy (non-hydrogen) atoms. The van der Waals surface area contributed by atoms with Gasteiger partial charge in [0.15, 0.2) is 0 Å². The van der Waals surface area contributed by atoms with Crippen LogP contribution >= 0.6 is 0 Å². The van der Waals surface area contributed by atoms with Crippen LogP contribution in [0.15, 0.2) is 53.6 Å². The highest BCUT2D eigenvalue weighted by atomic mass is 16.5. The molecule has 1 unspecified atom stereocenters. The van der Waals surface area contributed by atoms with Gasteiger partial charge in [-0.25, -0.2) is 4.79 Å². The number of benzene rings is 2. The van der Waals surface area contributed by atoms with Crippen molar-refractivity contribution in [2.75, 3.05) is 30.0 Å². The monoisotopic (exact) mass is 448 g/mol. The number of nitrogens with zero attached hydrogens (tertiary/aromatic N) is 3. The SMILES string of the molecule is CCOC(=O)C1=NN(c2ccccc2)C(C(=O)Nc2cccc(C(=O)N3CCCC3)c2C)C1. The molecule has 2 amide bonds. The van der Waals surface area contributed by atoms with Crippen LogP contribution in [0.4, 0.5) is 11.4 Å². The number of hydrazone groups is 1. The van der Waals surface area contributed by atoms with Gasteiger partial charge >= 0.3 is 5.97 Å². The van der Waals surface area contributed by atoms with E-state index in [0.29, 0.717) is 16.9 Å². The van der Waals surface area contributed by atoms with Crippen molar-refractivity contribution in [2.24, 2.45) is 5.10 Å². The quantitative estimate of drug-likeness (QED) is 0.684. The third-order valence-electron chi connectivity index (χ3n) is 5.96. The summed E-state index contributed by atoms with van der Waals surface area (Å²) in [6.07, 6.45) is 2.16. The number of carbonyl (C=O) groups is 3. The molecule has 1 saturated heterocycles. The third kappa shape index (κ3) is 4.74. The van der Waals surface area contributed by atoms with E-state index < -0.39 is 12.0 Å². The second-order valence-electron chi connectivity index (χ2n) is 8.13. The molecule has 4 rings (SSSR count). The van der Waals surface area contributed by atoms with Gasteiger partial charge in [-0.15, -0.1) is 0 Å². The number of para-hydroxylation sites is 1. The first-order valence-corrected chi connectivity index (χ1v) is 11.3. The first-order chi connectivity index (χ1) is 16.0. The molecule has 8 nitrogen and oxygen atoms in total. The summed E-state index contributed by atoms with van der Waals surface area (Å²) < 4.78 is 5.10. The molecule has 2 aromatic carbocycles. The van der Waals surface area contributed by atoms with E-state index in [0.717, 1.165) is 31.5 Å². The zero-order valence-electron chi connectivity index (χ0n) is 18.9. The average Bonchev–Trinajstić information content (AvgIpc) is 3.51. The smallest absolute Gasteiger partial charge is 0.354 e. The second-order valence-corrected chi connectivity index (χ2v) is 8.13.